The summed E-state index contributed by atoms with van der Waals surface area (Å²) in [6.07, 6.45) is 1.12. The molecule has 0 radical (unpaired) electrons. The van der Waals surface area contributed by atoms with E-state index in [4.69, 9.17) is 5.73 Å². The van der Waals surface area contributed by atoms with Gasteiger partial charge in [-0.1, -0.05) is 39.0 Å². The SMILES string of the molecule is CC(C)(C)C(=O)N1CCN(C(=O)CCc2ccccc2N)CC1.Cl. The number of hydrogen-bond acceptors (Lipinski definition) is 3. The number of nitrogens with two attached hydrogens (primary N) is 1. The number of amides is 2. The fourth-order valence-corrected chi connectivity index (χ4v) is 2.79. The van der Waals surface area contributed by atoms with Gasteiger partial charge in [-0.3, -0.25) is 9.59 Å². The third-order valence-corrected chi connectivity index (χ3v) is 4.22. The molecule has 0 atom stereocenters. The van der Waals surface area contributed by atoms with Crippen molar-refractivity contribution in [2.75, 3.05) is 31.9 Å². The van der Waals surface area contributed by atoms with Crippen LogP contribution in [0, 0.1) is 5.41 Å². The topological polar surface area (TPSA) is 66.6 Å². The zero-order valence-corrected chi connectivity index (χ0v) is 15.6. The Morgan fingerprint density at radius 1 is 1.04 bits per heavy atom. The summed E-state index contributed by atoms with van der Waals surface area (Å²) in [4.78, 5) is 28.3. The van der Waals surface area contributed by atoms with Crippen molar-refractivity contribution in [3.63, 3.8) is 0 Å². The van der Waals surface area contributed by atoms with E-state index in [1.807, 2.05) is 54.8 Å². The van der Waals surface area contributed by atoms with Crippen LogP contribution in [0.4, 0.5) is 5.69 Å². The van der Waals surface area contributed by atoms with Crippen LogP contribution in [0.5, 0.6) is 0 Å². The largest absolute Gasteiger partial charge is 0.399 e. The van der Waals surface area contributed by atoms with E-state index in [2.05, 4.69) is 0 Å². The average molecular weight is 354 g/mol. The van der Waals surface area contributed by atoms with E-state index < -0.39 is 0 Å². The molecule has 2 rings (SSSR count). The molecule has 24 heavy (non-hydrogen) atoms. The minimum atomic E-state index is -0.364. The van der Waals surface area contributed by atoms with Crippen molar-refractivity contribution in [2.45, 2.75) is 33.6 Å². The monoisotopic (exact) mass is 353 g/mol. The molecule has 2 N–H and O–H groups in total. The molecule has 1 aliphatic rings. The first-order valence-corrected chi connectivity index (χ1v) is 8.19. The molecule has 1 aliphatic heterocycles. The predicted molar refractivity (Wildman–Crippen MR) is 99.0 cm³/mol. The molecule has 0 saturated carbocycles. The number of piperazine rings is 1. The highest BCUT2D eigenvalue weighted by Crippen LogP contribution is 2.19. The molecule has 0 unspecified atom stereocenters. The molecule has 6 heteroatoms. The van der Waals surface area contributed by atoms with Crippen molar-refractivity contribution >= 4 is 29.9 Å². The van der Waals surface area contributed by atoms with E-state index in [0.717, 1.165) is 11.3 Å². The molecule has 0 spiro atoms. The average Bonchev–Trinajstić information content (AvgIpc) is 2.52. The third kappa shape index (κ3) is 5.13. The van der Waals surface area contributed by atoms with Gasteiger partial charge in [-0.05, 0) is 18.1 Å². The molecule has 0 bridgehead atoms. The number of rotatable bonds is 3. The Morgan fingerprint density at radius 3 is 2.12 bits per heavy atom. The summed E-state index contributed by atoms with van der Waals surface area (Å²) in [7, 11) is 0. The molecular formula is C18H28ClN3O2. The number of benzene rings is 1. The molecule has 1 heterocycles. The maximum atomic E-state index is 12.3. The van der Waals surface area contributed by atoms with Crippen molar-refractivity contribution in [1.82, 2.24) is 9.80 Å². The van der Waals surface area contributed by atoms with Crippen LogP contribution in [0.15, 0.2) is 24.3 Å². The minimum Gasteiger partial charge on any atom is -0.399 e. The van der Waals surface area contributed by atoms with Gasteiger partial charge in [-0.25, -0.2) is 0 Å². The van der Waals surface area contributed by atoms with Crippen molar-refractivity contribution in [3.8, 4) is 0 Å². The number of para-hydroxylation sites is 1. The van der Waals surface area contributed by atoms with Gasteiger partial charge in [0, 0.05) is 43.7 Å². The summed E-state index contributed by atoms with van der Waals surface area (Å²) in [6, 6.07) is 7.65. The molecule has 5 nitrogen and oxygen atoms in total. The van der Waals surface area contributed by atoms with E-state index in [1.165, 1.54) is 0 Å². The zero-order valence-electron chi connectivity index (χ0n) is 14.7. The second-order valence-corrected chi connectivity index (χ2v) is 7.12. The van der Waals surface area contributed by atoms with Gasteiger partial charge >= 0.3 is 0 Å². The van der Waals surface area contributed by atoms with Crippen LogP contribution >= 0.6 is 12.4 Å². The number of carbonyl (C=O) groups excluding carboxylic acids is 2. The number of nitrogens with zero attached hydrogens (tertiary/aromatic N) is 2. The Bertz CT molecular complexity index is 576. The second-order valence-electron chi connectivity index (χ2n) is 7.12. The predicted octanol–water partition coefficient (Wildman–Crippen LogP) is 2.34. The molecule has 1 aromatic carbocycles. The van der Waals surface area contributed by atoms with Gasteiger partial charge in [0.1, 0.15) is 0 Å². The van der Waals surface area contributed by atoms with Crippen LogP contribution in [0.1, 0.15) is 32.8 Å². The molecule has 1 fully saturated rings. The normalized spacial score (nSPS) is 15.0. The van der Waals surface area contributed by atoms with Crippen LogP contribution < -0.4 is 5.73 Å². The number of carbonyl (C=O) groups is 2. The fraction of sp³-hybridized carbons (Fsp3) is 0.556. The van der Waals surface area contributed by atoms with Crippen LogP contribution in [0.3, 0.4) is 0 Å². The van der Waals surface area contributed by atoms with Gasteiger partial charge in [0.05, 0.1) is 0 Å². The summed E-state index contributed by atoms with van der Waals surface area (Å²) < 4.78 is 0. The number of hydrogen-bond donors (Lipinski definition) is 1. The second kappa shape index (κ2) is 8.38. The zero-order chi connectivity index (χ0) is 17.0. The summed E-state index contributed by atoms with van der Waals surface area (Å²) in [6.45, 7) is 8.26. The van der Waals surface area contributed by atoms with Crippen molar-refractivity contribution in [1.29, 1.82) is 0 Å². The molecule has 134 valence electrons. The Labute approximate surface area is 150 Å². The van der Waals surface area contributed by atoms with E-state index in [1.54, 1.807) is 0 Å². The maximum Gasteiger partial charge on any atom is 0.228 e. The first-order chi connectivity index (χ1) is 10.8. The highest BCUT2D eigenvalue weighted by molar-refractivity contribution is 5.85. The van der Waals surface area contributed by atoms with E-state index in [0.29, 0.717) is 39.0 Å². The third-order valence-electron chi connectivity index (χ3n) is 4.22. The van der Waals surface area contributed by atoms with Crippen LogP contribution in [0.25, 0.3) is 0 Å². The molecule has 0 aromatic heterocycles. The number of aryl methyl sites for hydroxylation is 1. The Kier molecular flexibility index (Phi) is 7.08. The molecule has 0 aliphatic carbocycles. The van der Waals surface area contributed by atoms with Crippen LogP contribution in [-0.4, -0.2) is 47.8 Å². The lowest BCUT2D eigenvalue weighted by molar-refractivity contribution is -0.144. The van der Waals surface area contributed by atoms with Crippen molar-refractivity contribution < 1.29 is 9.59 Å². The Morgan fingerprint density at radius 2 is 1.58 bits per heavy atom. The highest BCUT2D eigenvalue weighted by atomic mass is 35.5. The smallest absolute Gasteiger partial charge is 0.228 e. The van der Waals surface area contributed by atoms with E-state index >= 15 is 0 Å². The standard InChI is InChI=1S/C18H27N3O2.ClH/c1-18(2,3)17(23)21-12-10-20(11-13-21)16(22)9-8-14-6-4-5-7-15(14)19;/h4-7H,8-13,19H2,1-3H3;1H. The first kappa shape index (κ1) is 20.3. The fourth-order valence-electron chi connectivity index (χ4n) is 2.79. The Balaban J connectivity index is 0.00000288. The summed E-state index contributed by atoms with van der Waals surface area (Å²) >= 11 is 0. The lowest BCUT2D eigenvalue weighted by Crippen LogP contribution is -2.53. The van der Waals surface area contributed by atoms with Crippen LogP contribution in [0.2, 0.25) is 0 Å². The quantitative estimate of drug-likeness (QED) is 0.848. The molecular weight excluding hydrogens is 326 g/mol. The van der Waals surface area contributed by atoms with E-state index in [9.17, 15) is 9.59 Å². The lowest BCUT2D eigenvalue weighted by atomic mass is 9.94. The van der Waals surface area contributed by atoms with Gasteiger partial charge < -0.3 is 15.5 Å². The maximum absolute atomic E-state index is 12.3. The van der Waals surface area contributed by atoms with Crippen molar-refractivity contribution in [2.24, 2.45) is 5.41 Å². The lowest BCUT2D eigenvalue weighted by Gasteiger charge is -2.37. The van der Waals surface area contributed by atoms with Gasteiger partial charge in [0.25, 0.3) is 0 Å². The molecule has 1 aromatic rings. The highest BCUT2D eigenvalue weighted by Gasteiger charge is 2.30. The number of nitrogen functional groups attached to an aromatic ring is 1. The number of anilines is 1. The first-order valence-electron chi connectivity index (χ1n) is 8.19. The van der Waals surface area contributed by atoms with Gasteiger partial charge in [0.15, 0.2) is 0 Å². The van der Waals surface area contributed by atoms with Gasteiger partial charge in [-0.15, -0.1) is 12.4 Å². The number of halogens is 1. The Hall–Kier alpha value is -1.75. The van der Waals surface area contributed by atoms with Crippen LogP contribution in [-0.2, 0) is 16.0 Å². The summed E-state index contributed by atoms with van der Waals surface area (Å²) in [5, 5.41) is 0. The molecule has 2 amide bonds. The van der Waals surface area contributed by atoms with Crippen molar-refractivity contribution in [3.05, 3.63) is 29.8 Å². The molecule has 1 saturated heterocycles. The van der Waals surface area contributed by atoms with E-state index in [-0.39, 0.29) is 29.6 Å². The summed E-state index contributed by atoms with van der Waals surface area (Å²) in [5.74, 6) is 0.290. The van der Waals surface area contributed by atoms with Gasteiger partial charge in [-0.2, -0.15) is 0 Å². The van der Waals surface area contributed by atoms with Gasteiger partial charge in [0.2, 0.25) is 11.8 Å². The minimum absolute atomic E-state index is 0. The summed E-state index contributed by atoms with van der Waals surface area (Å²) in [5.41, 5.74) is 7.30.